The van der Waals surface area contributed by atoms with Crippen molar-refractivity contribution in [3.05, 3.63) is 59.2 Å². The first-order valence-corrected chi connectivity index (χ1v) is 8.75. The van der Waals surface area contributed by atoms with Crippen LogP contribution in [0.4, 0.5) is 5.69 Å². The van der Waals surface area contributed by atoms with E-state index in [1.165, 1.54) is 29.5 Å². The van der Waals surface area contributed by atoms with Crippen molar-refractivity contribution >= 4 is 23.0 Å². The lowest BCUT2D eigenvalue weighted by molar-refractivity contribution is 0.405. The Morgan fingerprint density at radius 2 is 1.83 bits per heavy atom. The van der Waals surface area contributed by atoms with Crippen molar-refractivity contribution < 1.29 is 4.74 Å². The summed E-state index contributed by atoms with van der Waals surface area (Å²) in [6.45, 7) is 5.07. The number of nitrogens with one attached hydrogen (secondary N) is 1. The van der Waals surface area contributed by atoms with E-state index < -0.39 is 0 Å². The molecule has 2 aromatic carbocycles. The van der Waals surface area contributed by atoms with Crippen LogP contribution in [-0.4, -0.2) is 23.2 Å². The molecule has 1 aliphatic carbocycles. The first-order chi connectivity index (χ1) is 11.6. The fraction of sp³-hybridized carbons (Fsp3) is 0.350. The molecule has 0 spiro atoms. The quantitative estimate of drug-likeness (QED) is 0.799. The van der Waals surface area contributed by atoms with Gasteiger partial charge in [-0.2, -0.15) is 0 Å². The van der Waals surface area contributed by atoms with Gasteiger partial charge in [0.05, 0.1) is 7.11 Å². The summed E-state index contributed by atoms with van der Waals surface area (Å²) < 4.78 is 5.23. The second-order valence-corrected chi connectivity index (χ2v) is 6.82. The molecule has 126 valence electrons. The first kappa shape index (κ1) is 16.8. The third-order valence-corrected chi connectivity index (χ3v) is 4.86. The van der Waals surface area contributed by atoms with Crippen LogP contribution in [0.25, 0.3) is 0 Å². The van der Waals surface area contributed by atoms with Crippen LogP contribution in [0.3, 0.4) is 0 Å². The van der Waals surface area contributed by atoms with Crippen molar-refractivity contribution in [1.82, 2.24) is 4.90 Å². The van der Waals surface area contributed by atoms with E-state index in [-0.39, 0.29) is 0 Å². The highest BCUT2D eigenvalue weighted by Gasteiger charge is 2.30. The number of methoxy groups -OCH3 is 1. The lowest BCUT2D eigenvalue weighted by Gasteiger charge is -2.26. The molecule has 3 rings (SSSR count). The minimum Gasteiger partial charge on any atom is -0.497 e. The zero-order valence-corrected chi connectivity index (χ0v) is 15.3. The van der Waals surface area contributed by atoms with Crippen molar-refractivity contribution in [2.75, 3.05) is 12.4 Å². The number of aryl methyl sites for hydroxylation is 2. The van der Waals surface area contributed by atoms with E-state index in [1.807, 2.05) is 12.1 Å². The summed E-state index contributed by atoms with van der Waals surface area (Å²) in [7, 11) is 1.69. The second kappa shape index (κ2) is 7.22. The highest BCUT2D eigenvalue weighted by Crippen LogP contribution is 2.29. The van der Waals surface area contributed by atoms with Gasteiger partial charge in [0.1, 0.15) is 5.75 Å². The molecule has 0 unspecified atom stereocenters. The highest BCUT2D eigenvalue weighted by molar-refractivity contribution is 7.80. The van der Waals surface area contributed by atoms with Crippen molar-refractivity contribution in [2.45, 2.75) is 39.3 Å². The molecule has 0 saturated heterocycles. The Labute approximate surface area is 149 Å². The van der Waals surface area contributed by atoms with E-state index in [4.69, 9.17) is 17.0 Å². The van der Waals surface area contributed by atoms with Crippen LogP contribution in [0.15, 0.2) is 42.5 Å². The van der Waals surface area contributed by atoms with Crippen molar-refractivity contribution in [3.8, 4) is 5.75 Å². The lowest BCUT2D eigenvalue weighted by atomic mass is 10.1. The molecule has 0 radical (unpaired) electrons. The van der Waals surface area contributed by atoms with Crippen LogP contribution < -0.4 is 10.1 Å². The van der Waals surface area contributed by atoms with E-state index >= 15 is 0 Å². The number of hydrogen-bond acceptors (Lipinski definition) is 2. The molecule has 1 saturated carbocycles. The van der Waals surface area contributed by atoms with E-state index in [0.717, 1.165) is 23.1 Å². The van der Waals surface area contributed by atoms with Gasteiger partial charge in [0.2, 0.25) is 0 Å². The minimum atomic E-state index is 0.554. The zero-order chi connectivity index (χ0) is 17.1. The monoisotopic (exact) mass is 340 g/mol. The van der Waals surface area contributed by atoms with Crippen molar-refractivity contribution in [3.63, 3.8) is 0 Å². The van der Waals surface area contributed by atoms with Crippen LogP contribution in [0.2, 0.25) is 0 Å². The van der Waals surface area contributed by atoms with Gasteiger partial charge in [-0.25, -0.2) is 0 Å². The topological polar surface area (TPSA) is 24.5 Å². The van der Waals surface area contributed by atoms with E-state index in [2.05, 4.69) is 54.4 Å². The largest absolute Gasteiger partial charge is 0.497 e. The minimum absolute atomic E-state index is 0.554. The fourth-order valence-corrected chi connectivity index (χ4v) is 3.03. The Bertz CT molecular complexity index is 723. The van der Waals surface area contributed by atoms with Gasteiger partial charge in [0, 0.05) is 18.3 Å². The molecule has 0 heterocycles. The summed E-state index contributed by atoms with van der Waals surface area (Å²) >= 11 is 5.69. The summed E-state index contributed by atoms with van der Waals surface area (Å²) in [6, 6.07) is 15.1. The smallest absolute Gasteiger partial charge is 0.173 e. The summed E-state index contributed by atoms with van der Waals surface area (Å²) in [5, 5.41) is 4.21. The number of hydrogen-bond donors (Lipinski definition) is 1. The Morgan fingerprint density at radius 1 is 1.12 bits per heavy atom. The molecule has 4 heteroatoms. The molecule has 2 aromatic rings. The molecule has 0 bridgehead atoms. The zero-order valence-electron chi connectivity index (χ0n) is 14.5. The first-order valence-electron chi connectivity index (χ1n) is 8.34. The van der Waals surface area contributed by atoms with Crippen LogP contribution in [0, 0.1) is 13.8 Å². The maximum atomic E-state index is 5.69. The van der Waals surface area contributed by atoms with Gasteiger partial charge in [-0.15, -0.1) is 0 Å². The maximum Gasteiger partial charge on any atom is 0.173 e. The fourth-order valence-electron chi connectivity index (χ4n) is 2.70. The Balaban J connectivity index is 1.70. The lowest BCUT2D eigenvalue weighted by Crippen LogP contribution is -2.36. The number of rotatable bonds is 5. The molecule has 24 heavy (non-hydrogen) atoms. The van der Waals surface area contributed by atoms with E-state index in [0.29, 0.717) is 6.04 Å². The Kier molecular flexibility index (Phi) is 5.05. The molecule has 0 aliphatic heterocycles. The van der Waals surface area contributed by atoms with Gasteiger partial charge < -0.3 is 15.0 Å². The Hall–Kier alpha value is -2.07. The van der Waals surface area contributed by atoms with E-state index in [9.17, 15) is 0 Å². The summed E-state index contributed by atoms with van der Waals surface area (Å²) in [5.74, 6) is 0.882. The van der Waals surface area contributed by atoms with Gasteiger partial charge in [-0.3, -0.25) is 0 Å². The second-order valence-electron chi connectivity index (χ2n) is 6.44. The highest BCUT2D eigenvalue weighted by atomic mass is 32.1. The van der Waals surface area contributed by atoms with Gasteiger partial charge in [-0.05, 0) is 79.9 Å². The number of ether oxygens (including phenoxy) is 1. The molecule has 0 aromatic heterocycles. The molecular formula is C20H24N2OS. The maximum absolute atomic E-state index is 5.69. The predicted molar refractivity (Wildman–Crippen MR) is 104 cm³/mol. The predicted octanol–water partition coefficient (Wildman–Crippen LogP) is 4.67. The third kappa shape index (κ3) is 4.06. The standard InChI is InChI=1S/C20H24N2OS/c1-14-4-7-17(12-15(14)2)21-20(24)22(18-8-9-18)13-16-5-10-19(23-3)11-6-16/h4-7,10-12,18H,8-9,13H2,1-3H3,(H,21,24). The van der Waals surface area contributed by atoms with Gasteiger partial charge in [0.15, 0.2) is 5.11 Å². The number of anilines is 1. The summed E-state index contributed by atoms with van der Waals surface area (Å²) in [5.41, 5.74) is 4.87. The molecule has 1 N–H and O–H groups in total. The average Bonchev–Trinajstić information content (AvgIpc) is 3.41. The molecule has 0 atom stereocenters. The molecule has 3 nitrogen and oxygen atoms in total. The normalized spacial score (nSPS) is 13.5. The third-order valence-electron chi connectivity index (χ3n) is 4.52. The number of thiocarbonyl (C=S) groups is 1. The van der Waals surface area contributed by atoms with Crippen LogP contribution >= 0.6 is 12.2 Å². The van der Waals surface area contributed by atoms with Crippen LogP contribution in [-0.2, 0) is 6.54 Å². The van der Waals surface area contributed by atoms with E-state index in [1.54, 1.807) is 7.11 Å². The Morgan fingerprint density at radius 3 is 2.42 bits per heavy atom. The molecule has 1 aliphatic rings. The van der Waals surface area contributed by atoms with Gasteiger partial charge in [-0.1, -0.05) is 18.2 Å². The SMILES string of the molecule is COc1ccc(CN(C(=S)Nc2ccc(C)c(C)c2)C2CC2)cc1. The van der Waals surface area contributed by atoms with Crippen LogP contribution in [0.1, 0.15) is 29.5 Å². The van der Waals surface area contributed by atoms with Crippen molar-refractivity contribution in [1.29, 1.82) is 0 Å². The van der Waals surface area contributed by atoms with Gasteiger partial charge in [0.25, 0.3) is 0 Å². The summed E-state index contributed by atoms with van der Waals surface area (Å²) in [4.78, 5) is 2.30. The number of benzene rings is 2. The summed E-state index contributed by atoms with van der Waals surface area (Å²) in [6.07, 6.45) is 2.43. The molecular weight excluding hydrogens is 316 g/mol. The van der Waals surface area contributed by atoms with Crippen molar-refractivity contribution in [2.24, 2.45) is 0 Å². The molecule has 1 fully saturated rings. The number of nitrogens with zero attached hydrogens (tertiary/aromatic N) is 1. The van der Waals surface area contributed by atoms with Gasteiger partial charge >= 0.3 is 0 Å². The average molecular weight is 340 g/mol. The van der Waals surface area contributed by atoms with Crippen LogP contribution in [0.5, 0.6) is 5.75 Å². The molecule has 0 amide bonds.